The smallest absolute Gasteiger partial charge is 0.249 e. The molecule has 1 unspecified atom stereocenters. The van der Waals surface area contributed by atoms with Crippen molar-refractivity contribution < 1.29 is 14.0 Å². The highest BCUT2D eigenvalue weighted by atomic mass is 19.1. The van der Waals surface area contributed by atoms with E-state index in [4.69, 9.17) is 0 Å². The second-order valence-corrected chi connectivity index (χ2v) is 6.29. The van der Waals surface area contributed by atoms with Crippen LogP contribution in [-0.2, 0) is 21.5 Å². The molecule has 1 atom stereocenters. The molecule has 1 saturated heterocycles. The van der Waals surface area contributed by atoms with Crippen LogP contribution in [0.15, 0.2) is 42.7 Å². The van der Waals surface area contributed by atoms with Gasteiger partial charge in [0.05, 0.1) is 13.0 Å². The average molecular weight is 344 g/mol. The highest BCUT2D eigenvalue weighted by Crippen LogP contribution is 2.29. The van der Waals surface area contributed by atoms with Crippen molar-refractivity contribution in [1.82, 2.24) is 20.0 Å². The standard InChI is InChI=1S/C18H21FN4O2/c1-20-17(25)18(23-10-4-8-21-23)7-3-9-22(13-18)16(24)12-14-5-2-6-15(19)11-14/h2,4-6,8,10-11H,3,7,9,12-13H2,1H3,(H,20,25). The van der Waals surface area contributed by atoms with Crippen LogP contribution in [0.4, 0.5) is 4.39 Å². The monoisotopic (exact) mass is 344 g/mol. The summed E-state index contributed by atoms with van der Waals surface area (Å²) in [6.45, 7) is 0.830. The molecule has 1 aliphatic rings. The van der Waals surface area contributed by atoms with Gasteiger partial charge >= 0.3 is 0 Å². The Morgan fingerprint density at radius 2 is 2.20 bits per heavy atom. The Hall–Kier alpha value is -2.70. The normalized spacial score (nSPS) is 20.3. The fourth-order valence-electron chi connectivity index (χ4n) is 3.41. The summed E-state index contributed by atoms with van der Waals surface area (Å²) in [5, 5.41) is 6.93. The van der Waals surface area contributed by atoms with Gasteiger partial charge in [-0.1, -0.05) is 12.1 Å². The zero-order chi connectivity index (χ0) is 17.9. The maximum absolute atomic E-state index is 13.3. The number of nitrogens with one attached hydrogen (secondary N) is 1. The molecule has 1 aromatic heterocycles. The third-order valence-electron chi connectivity index (χ3n) is 4.66. The predicted octanol–water partition coefficient (Wildman–Crippen LogP) is 1.33. The number of amides is 2. The van der Waals surface area contributed by atoms with Gasteiger partial charge in [0.25, 0.3) is 0 Å². The molecule has 3 rings (SSSR count). The van der Waals surface area contributed by atoms with Crippen LogP contribution in [0, 0.1) is 5.82 Å². The lowest BCUT2D eigenvalue weighted by Crippen LogP contribution is -2.59. The van der Waals surface area contributed by atoms with E-state index in [1.165, 1.54) is 12.1 Å². The van der Waals surface area contributed by atoms with Crippen LogP contribution >= 0.6 is 0 Å². The first-order valence-electron chi connectivity index (χ1n) is 8.30. The summed E-state index contributed by atoms with van der Waals surface area (Å²) in [5.74, 6) is -0.648. The predicted molar refractivity (Wildman–Crippen MR) is 90.2 cm³/mol. The number of rotatable bonds is 4. The molecule has 1 N–H and O–H groups in total. The summed E-state index contributed by atoms with van der Waals surface area (Å²) in [4.78, 5) is 27.0. The van der Waals surface area contributed by atoms with Crippen LogP contribution in [0.25, 0.3) is 0 Å². The molecule has 132 valence electrons. The Bertz CT molecular complexity index is 762. The minimum absolute atomic E-state index is 0.112. The Morgan fingerprint density at radius 3 is 2.88 bits per heavy atom. The minimum Gasteiger partial charge on any atom is -0.357 e. The van der Waals surface area contributed by atoms with Crippen LogP contribution in [0.1, 0.15) is 18.4 Å². The number of hydrogen-bond acceptors (Lipinski definition) is 3. The third-order valence-corrected chi connectivity index (χ3v) is 4.66. The Balaban J connectivity index is 1.81. The van der Waals surface area contributed by atoms with Gasteiger partial charge in [0.2, 0.25) is 11.8 Å². The Morgan fingerprint density at radius 1 is 1.36 bits per heavy atom. The lowest BCUT2D eigenvalue weighted by Gasteiger charge is -2.41. The van der Waals surface area contributed by atoms with Crippen LogP contribution in [0.5, 0.6) is 0 Å². The van der Waals surface area contributed by atoms with E-state index in [0.717, 1.165) is 0 Å². The molecule has 0 radical (unpaired) electrons. The number of likely N-dealkylation sites (N-methyl/N-ethyl adjacent to an activating group) is 1. The topological polar surface area (TPSA) is 67.2 Å². The van der Waals surface area contributed by atoms with Crippen LogP contribution in [0.2, 0.25) is 0 Å². The van der Waals surface area contributed by atoms with Gasteiger partial charge in [-0.2, -0.15) is 5.10 Å². The molecular weight excluding hydrogens is 323 g/mol. The molecule has 0 spiro atoms. The fraction of sp³-hybridized carbons (Fsp3) is 0.389. The number of carbonyl (C=O) groups excluding carboxylic acids is 2. The van der Waals surface area contributed by atoms with Gasteiger partial charge in [0, 0.05) is 26.0 Å². The van der Waals surface area contributed by atoms with E-state index >= 15 is 0 Å². The Kier molecular flexibility index (Phi) is 4.83. The van der Waals surface area contributed by atoms with E-state index in [1.54, 1.807) is 47.2 Å². The van der Waals surface area contributed by atoms with Gasteiger partial charge in [0.1, 0.15) is 5.82 Å². The molecule has 1 aromatic carbocycles. The first-order chi connectivity index (χ1) is 12.0. The molecule has 1 aliphatic heterocycles. The quantitative estimate of drug-likeness (QED) is 0.910. The van der Waals surface area contributed by atoms with E-state index in [0.29, 0.717) is 24.9 Å². The van der Waals surface area contributed by atoms with E-state index < -0.39 is 5.54 Å². The first kappa shape index (κ1) is 17.1. The number of halogens is 1. The van der Waals surface area contributed by atoms with Gasteiger partial charge < -0.3 is 10.2 Å². The van der Waals surface area contributed by atoms with E-state index in [9.17, 15) is 14.0 Å². The zero-order valence-electron chi connectivity index (χ0n) is 14.1. The lowest BCUT2D eigenvalue weighted by atomic mass is 9.87. The van der Waals surface area contributed by atoms with Crippen molar-refractivity contribution in [3.05, 3.63) is 54.1 Å². The number of benzene rings is 1. The number of nitrogens with zero attached hydrogens (tertiary/aromatic N) is 3. The van der Waals surface area contributed by atoms with E-state index in [2.05, 4.69) is 10.4 Å². The maximum atomic E-state index is 13.3. The van der Waals surface area contributed by atoms with Gasteiger partial charge in [-0.25, -0.2) is 4.39 Å². The van der Waals surface area contributed by atoms with Crippen molar-refractivity contribution in [1.29, 1.82) is 0 Å². The number of likely N-dealkylation sites (tertiary alicyclic amines) is 1. The summed E-state index contributed by atoms with van der Waals surface area (Å²) in [7, 11) is 1.58. The van der Waals surface area contributed by atoms with Gasteiger partial charge in [-0.05, 0) is 36.6 Å². The summed E-state index contributed by atoms with van der Waals surface area (Å²) in [6, 6.07) is 7.79. The molecule has 0 bridgehead atoms. The lowest BCUT2D eigenvalue weighted by molar-refractivity contribution is -0.140. The average Bonchev–Trinajstić information content (AvgIpc) is 3.16. The van der Waals surface area contributed by atoms with Crippen LogP contribution < -0.4 is 5.32 Å². The highest BCUT2D eigenvalue weighted by Gasteiger charge is 2.45. The number of aromatic nitrogens is 2. The van der Waals surface area contributed by atoms with Gasteiger partial charge in [0.15, 0.2) is 5.54 Å². The molecular formula is C18H21FN4O2. The fourth-order valence-corrected chi connectivity index (χ4v) is 3.41. The van der Waals surface area contributed by atoms with E-state index in [-0.39, 0.29) is 30.6 Å². The molecule has 25 heavy (non-hydrogen) atoms. The summed E-state index contributed by atoms with van der Waals surface area (Å²) >= 11 is 0. The molecule has 7 heteroatoms. The van der Waals surface area contributed by atoms with E-state index in [1.807, 2.05) is 0 Å². The van der Waals surface area contributed by atoms with Crippen molar-refractivity contribution in [3.8, 4) is 0 Å². The first-order valence-corrected chi connectivity index (χ1v) is 8.30. The molecule has 2 amide bonds. The SMILES string of the molecule is CNC(=O)C1(n2cccn2)CCCN(C(=O)Cc2cccc(F)c2)C1. The second-order valence-electron chi connectivity index (χ2n) is 6.29. The summed E-state index contributed by atoms with van der Waals surface area (Å²) in [6.07, 6.45) is 4.79. The number of hydrogen-bond donors (Lipinski definition) is 1. The largest absolute Gasteiger partial charge is 0.357 e. The summed E-state index contributed by atoms with van der Waals surface area (Å²) < 4.78 is 15.0. The highest BCUT2D eigenvalue weighted by molar-refractivity contribution is 5.86. The molecule has 2 heterocycles. The van der Waals surface area contributed by atoms with Gasteiger partial charge in [-0.3, -0.25) is 14.3 Å². The molecule has 2 aromatic rings. The maximum Gasteiger partial charge on any atom is 0.249 e. The third kappa shape index (κ3) is 3.40. The van der Waals surface area contributed by atoms with Crippen molar-refractivity contribution in [3.63, 3.8) is 0 Å². The van der Waals surface area contributed by atoms with Crippen LogP contribution in [0.3, 0.4) is 0 Å². The summed E-state index contributed by atoms with van der Waals surface area (Å²) in [5.41, 5.74) is -0.283. The van der Waals surface area contributed by atoms with Crippen molar-refractivity contribution in [2.75, 3.05) is 20.1 Å². The molecule has 1 fully saturated rings. The van der Waals surface area contributed by atoms with Crippen molar-refractivity contribution >= 4 is 11.8 Å². The van der Waals surface area contributed by atoms with Gasteiger partial charge in [-0.15, -0.1) is 0 Å². The molecule has 6 nitrogen and oxygen atoms in total. The van der Waals surface area contributed by atoms with Crippen LogP contribution in [-0.4, -0.2) is 46.6 Å². The zero-order valence-corrected chi connectivity index (χ0v) is 14.1. The van der Waals surface area contributed by atoms with Crippen molar-refractivity contribution in [2.45, 2.75) is 24.8 Å². The number of piperidine rings is 1. The minimum atomic E-state index is -0.909. The Labute approximate surface area is 145 Å². The molecule has 0 aliphatic carbocycles. The van der Waals surface area contributed by atoms with Crippen molar-refractivity contribution in [2.24, 2.45) is 0 Å². The number of carbonyl (C=O) groups is 2. The molecule has 0 saturated carbocycles. The second kappa shape index (κ2) is 7.04.